The summed E-state index contributed by atoms with van der Waals surface area (Å²) in [5.41, 5.74) is -0.639. The van der Waals surface area contributed by atoms with Gasteiger partial charge in [0, 0.05) is 13.2 Å². The van der Waals surface area contributed by atoms with Crippen LogP contribution in [0.2, 0.25) is 0 Å². The van der Waals surface area contributed by atoms with Gasteiger partial charge in [0.2, 0.25) is 5.91 Å². The number of hydrogen-bond acceptors (Lipinski definition) is 5. The number of carbonyl (C=O) groups is 2. The summed E-state index contributed by atoms with van der Waals surface area (Å²) < 4.78 is 16.3. The highest BCUT2D eigenvalue weighted by molar-refractivity contribution is 5.91. The second-order valence-corrected chi connectivity index (χ2v) is 6.46. The smallest absolute Gasteiger partial charge is 0.312 e. The molecule has 0 unspecified atom stereocenters. The molecule has 0 aromatic rings. The third-order valence-corrected chi connectivity index (χ3v) is 4.68. The molecule has 0 aromatic carbocycles. The molecular weight excluding hydrogens is 286 g/mol. The van der Waals surface area contributed by atoms with Crippen molar-refractivity contribution >= 4 is 11.9 Å². The average molecular weight is 309 g/mol. The highest BCUT2D eigenvalue weighted by Gasteiger charge is 2.67. The quantitative estimate of drug-likeness (QED) is 0.412. The molecule has 2 fully saturated rings. The lowest BCUT2D eigenvalue weighted by molar-refractivity contribution is -0.151. The summed E-state index contributed by atoms with van der Waals surface area (Å²) in [6.07, 6.45) is 4.48. The van der Waals surface area contributed by atoms with E-state index in [1.165, 1.54) is 7.11 Å². The van der Waals surface area contributed by atoms with Gasteiger partial charge < -0.3 is 19.1 Å². The van der Waals surface area contributed by atoms with Crippen molar-refractivity contribution in [2.45, 2.75) is 38.1 Å². The first-order valence-electron chi connectivity index (χ1n) is 7.84. The first-order chi connectivity index (χ1) is 10.5. The Morgan fingerprint density at radius 3 is 3.00 bits per heavy atom. The fraction of sp³-hybridized carbons (Fsp3) is 0.750. The van der Waals surface area contributed by atoms with Gasteiger partial charge in [0.15, 0.2) is 0 Å². The molecule has 0 aliphatic carbocycles. The lowest BCUT2D eigenvalue weighted by Gasteiger charge is -2.22. The van der Waals surface area contributed by atoms with Crippen LogP contribution >= 0.6 is 0 Å². The molecule has 2 saturated heterocycles. The maximum atomic E-state index is 12.7. The van der Waals surface area contributed by atoms with E-state index in [0.29, 0.717) is 19.7 Å². The van der Waals surface area contributed by atoms with Gasteiger partial charge in [0.1, 0.15) is 11.5 Å². The van der Waals surface area contributed by atoms with Crippen LogP contribution in [0.4, 0.5) is 0 Å². The van der Waals surface area contributed by atoms with E-state index in [1.807, 2.05) is 26.0 Å². The predicted molar refractivity (Wildman–Crippen MR) is 78.0 cm³/mol. The second kappa shape index (κ2) is 5.66. The van der Waals surface area contributed by atoms with Crippen LogP contribution in [0.3, 0.4) is 0 Å². The number of amides is 1. The van der Waals surface area contributed by atoms with Gasteiger partial charge in [-0.2, -0.15) is 0 Å². The van der Waals surface area contributed by atoms with Crippen molar-refractivity contribution in [3.8, 4) is 0 Å². The summed E-state index contributed by atoms with van der Waals surface area (Å²) in [6.45, 7) is 5.74. The number of fused-ring (bicyclic) bond motifs is 1. The molecule has 3 aliphatic rings. The van der Waals surface area contributed by atoms with Crippen molar-refractivity contribution < 1.29 is 23.8 Å². The minimum atomic E-state index is -0.639. The molecule has 0 aromatic heterocycles. The molecule has 2 bridgehead atoms. The number of methoxy groups -OCH3 is 1. The van der Waals surface area contributed by atoms with Crippen LogP contribution in [0.1, 0.15) is 20.3 Å². The normalized spacial score (nSPS) is 35.5. The van der Waals surface area contributed by atoms with E-state index in [9.17, 15) is 9.59 Å². The van der Waals surface area contributed by atoms with Gasteiger partial charge in [-0.1, -0.05) is 12.2 Å². The van der Waals surface area contributed by atoms with Crippen molar-refractivity contribution in [3.63, 3.8) is 0 Å². The highest BCUT2D eigenvalue weighted by Crippen LogP contribution is 2.52. The van der Waals surface area contributed by atoms with E-state index in [1.54, 1.807) is 4.90 Å². The van der Waals surface area contributed by atoms with Crippen molar-refractivity contribution in [3.05, 3.63) is 12.2 Å². The molecule has 22 heavy (non-hydrogen) atoms. The zero-order valence-corrected chi connectivity index (χ0v) is 13.3. The third-order valence-electron chi connectivity index (χ3n) is 4.68. The van der Waals surface area contributed by atoms with E-state index in [-0.39, 0.29) is 24.1 Å². The molecule has 3 heterocycles. The number of rotatable bonds is 6. The zero-order valence-electron chi connectivity index (χ0n) is 13.3. The van der Waals surface area contributed by atoms with E-state index in [0.717, 1.165) is 6.42 Å². The number of esters is 1. The van der Waals surface area contributed by atoms with E-state index in [4.69, 9.17) is 14.2 Å². The van der Waals surface area contributed by atoms with Crippen molar-refractivity contribution in [2.24, 2.45) is 11.8 Å². The fourth-order valence-corrected chi connectivity index (χ4v) is 3.75. The Morgan fingerprint density at radius 1 is 1.55 bits per heavy atom. The number of likely N-dealkylation sites (tertiary alicyclic amines) is 1. The summed E-state index contributed by atoms with van der Waals surface area (Å²) in [4.78, 5) is 26.5. The maximum Gasteiger partial charge on any atom is 0.312 e. The van der Waals surface area contributed by atoms with E-state index in [2.05, 4.69) is 0 Å². The lowest BCUT2D eigenvalue weighted by Crippen LogP contribution is -2.39. The second-order valence-electron chi connectivity index (χ2n) is 6.46. The molecule has 122 valence electrons. The Kier molecular flexibility index (Phi) is 3.99. The molecule has 4 atom stereocenters. The van der Waals surface area contributed by atoms with Crippen LogP contribution in [0.5, 0.6) is 0 Å². The third kappa shape index (κ3) is 2.34. The summed E-state index contributed by atoms with van der Waals surface area (Å²) >= 11 is 0. The highest BCUT2D eigenvalue weighted by atomic mass is 16.5. The number of carbonyl (C=O) groups excluding carboxylic acids is 2. The van der Waals surface area contributed by atoms with Crippen molar-refractivity contribution in [2.75, 3.05) is 26.8 Å². The van der Waals surface area contributed by atoms with Gasteiger partial charge in [-0.15, -0.1) is 0 Å². The maximum absolute atomic E-state index is 12.7. The SMILES string of the molecule is COC(=O)[C@@H]1[C@H]2C(=O)N(CCCOC(C)C)C[C@]23C=C[C@H]1O3. The van der Waals surface area contributed by atoms with E-state index >= 15 is 0 Å². The number of hydrogen-bond donors (Lipinski definition) is 0. The standard InChI is InChI=1S/C16H23NO5/c1-10(2)21-8-4-7-17-9-16-6-5-11(22-16)12(15(19)20-3)13(16)14(17)18/h5-6,10-13H,4,7-9H2,1-3H3/t11-,12+,13+,16-/m1/s1. The monoisotopic (exact) mass is 309 g/mol. The van der Waals surface area contributed by atoms with Gasteiger partial charge >= 0.3 is 5.97 Å². The first-order valence-corrected chi connectivity index (χ1v) is 7.84. The molecule has 6 nitrogen and oxygen atoms in total. The molecule has 0 radical (unpaired) electrons. The minimum absolute atomic E-state index is 0.00760. The molecule has 1 amide bonds. The van der Waals surface area contributed by atoms with Crippen LogP contribution < -0.4 is 0 Å². The molecule has 0 N–H and O–H groups in total. The molecule has 3 rings (SSSR count). The average Bonchev–Trinajstić information content (AvgIpc) is 3.11. The Hall–Kier alpha value is -1.40. The Labute approximate surface area is 130 Å². The first kappa shape index (κ1) is 15.5. The molecule has 6 heteroatoms. The van der Waals surface area contributed by atoms with Crippen LogP contribution in [0.15, 0.2) is 12.2 Å². The number of nitrogens with zero attached hydrogens (tertiary/aromatic N) is 1. The van der Waals surface area contributed by atoms with Crippen molar-refractivity contribution in [1.82, 2.24) is 4.90 Å². The van der Waals surface area contributed by atoms with Gasteiger partial charge in [0.25, 0.3) is 0 Å². The summed E-state index contributed by atoms with van der Waals surface area (Å²) in [5, 5.41) is 0. The molecule has 1 spiro atoms. The van der Waals surface area contributed by atoms with Crippen LogP contribution in [-0.2, 0) is 23.8 Å². The zero-order chi connectivity index (χ0) is 15.9. The van der Waals surface area contributed by atoms with Gasteiger partial charge in [-0.05, 0) is 20.3 Å². The minimum Gasteiger partial charge on any atom is -0.469 e. The van der Waals surface area contributed by atoms with Gasteiger partial charge in [-0.3, -0.25) is 9.59 Å². The van der Waals surface area contributed by atoms with Crippen molar-refractivity contribution in [1.29, 1.82) is 0 Å². The summed E-state index contributed by atoms with van der Waals surface area (Å²) in [6, 6.07) is 0. The fourth-order valence-electron chi connectivity index (χ4n) is 3.75. The van der Waals surface area contributed by atoms with Crippen LogP contribution in [0.25, 0.3) is 0 Å². The predicted octanol–water partition coefficient (Wildman–Crippen LogP) is 0.757. The lowest BCUT2D eigenvalue weighted by atomic mass is 9.77. The largest absolute Gasteiger partial charge is 0.469 e. The van der Waals surface area contributed by atoms with Crippen LogP contribution in [-0.4, -0.2) is 61.4 Å². The Bertz CT molecular complexity index is 503. The van der Waals surface area contributed by atoms with Gasteiger partial charge in [-0.25, -0.2) is 0 Å². The van der Waals surface area contributed by atoms with E-state index < -0.39 is 17.4 Å². The number of ether oxygens (including phenoxy) is 3. The summed E-state index contributed by atoms with van der Waals surface area (Å²) in [5.74, 6) is -1.33. The molecular formula is C16H23NO5. The van der Waals surface area contributed by atoms with Crippen LogP contribution in [0, 0.1) is 11.8 Å². The summed E-state index contributed by atoms with van der Waals surface area (Å²) in [7, 11) is 1.35. The Balaban J connectivity index is 1.66. The molecule has 3 aliphatic heterocycles. The Morgan fingerprint density at radius 2 is 2.32 bits per heavy atom. The molecule has 0 saturated carbocycles. The van der Waals surface area contributed by atoms with Gasteiger partial charge in [0.05, 0.1) is 31.8 Å². The topological polar surface area (TPSA) is 65.1 Å².